The molecule has 1 saturated heterocycles. The lowest BCUT2D eigenvalue weighted by Crippen LogP contribution is -2.49. The van der Waals surface area contributed by atoms with Gasteiger partial charge >= 0.3 is 0 Å². The number of piperazine rings is 1. The number of hydrogen-bond donors (Lipinski definition) is 1. The van der Waals surface area contributed by atoms with Crippen LogP contribution < -0.4 is 14.2 Å². The Bertz CT molecular complexity index is 1230. The zero-order valence-electron chi connectivity index (χ0n) is 25.5. The normalized spacial score (nSPS) is 17.6. The molecule has 0 aromatic heterocycles. The number of benzene rings is 3. The molecule has 2 atom stereocenters. The molecular weight excluding hydrogens is 524 g/mol. The molecule has 2 heterocycles. The lowest BCUT2D eigenvalue weighted by Gasteiger charge is -2.42. The molecule has 0 saturated carbocycles. The number of unbranched alkanes of at least 4 members (excludes halogenated alkanes) is 3. The highest BCUT2D eigenvalue weighted by molar-refractivity contribution is 5.44. The first-order valence-electron chi connectivity index (χ1n) is 15.9. The summed E-state index contributed by atoms with van der Waals surface area (Å²) in [4.78, 5) is 5.05. The van der Waals surface area contributed by atoms with Gasteiger partial charge in [-0.15, -0.1) is 0 Å². The molecule has 2 unspecified atom stereocenters. The zero-order valence-corrected chi connectivity index (χ0v) is 25.5. The first-order valence-corrected chi connectivity index (χ1v) is 15.9. The molecule has 3 aromatic carbocycles. The quantitative estimate of drug-likeness (QED) is 0.199. The topological polar surface area (TPSA) is 54.4 Å². The summed E-state index contributed by atoms with van der Waals surface area (Å²) in [5.41, 5.74) is 2.46. The SMILES string of the molecule is CCCCCC(O)(c1ccc(OCCCC)cc1)C(CN1CCN(Cc2ccc3c(c2)OCO3)CC1)c1ccccc1. The lowest BCUT2D eigenvalue weighted by atomic mass is 9.74. The van der Waals surface area contributed by atoms with E-state index in [0.29, 0.717) is 6.79 Å². The zero-order chi connectivity index (χ0) is 29.2. The number of hydrogen-bond acceptors (Lipinski definition) is 6. The number of nitrogens with zero attached hydrogens (tertiary/aromatic N) is 2. The van der Waals surface area contributed by atoms with Crippen LogP contribution in [-0.4, -0.2) is 61.0 Å². The molecule has 1 fully saturated rings. The summed E-state index contributed by atoms with van der Waals surface area (Å²) in [5.74, 6) is 2.51. The van der Waals surface area contributed by atoms with Gasteiger partial charge in [0.1, 0.15) is 5.75 Å². The van der Waals surface area contributed by atoms with E-state index in [1.165, 1.54) is 11.1 Å². The van der Waals surface area contributed by atoms with E-state index in [9.17, 15) is 5.11 Å². The van der Waals surface area contributed by atoms with Crippen LogP contribution in [0, 0.1) is 0 Å². The van der Waals surface area contributed by atoms with Crippen LogP contribution in [0.15, 0.2) is 72.8 Å². The molecule has 3 aromatic rings. The van der Waals surface area contributed by atoms with Crippen molar-refractivity contribution >= 4 is 0 Å². The molecule has 0 bridgehead atoms. The minimum absolute atomic E-state index is 0.0391. The van der Waals surface area contributed by atoms with Crippen molar-refractivity contribution in [3.63, 3.8) is 0 Å². The maximum absolute atomic E-state index is 12.7. The second-order valence-electron chi connectivity index (χ2n) is 11.8. The first kappa shape index (κ1) is 30.4. The van der Waals surface area contributed by atoms with Crippen LogP contribution in [0.25, 0.3) is 0 Å². The Labute approximate surface area is 252 Å². The summed E-state index contributed by atoms with van der Waals surface area (Å²) < 4.78 is 17.0. The van der Waals surface area contributed by atoms with E-state index in [0.717, 1.165) is 107 Å². The van der Waals surface area contributed by atoms with E-state index in [1.54, 1.807) is 0 Å². The molecule has 2 aliphatic heterocycles. The standard InChI is InChI=1S/C36H48N2O4/c1-3-5-10-19-36(39,31-14-16-32(17-15-31)40-24-6-4-2)33(30-11-8-7-9-12-30)27-38-22-20-37(21-23-38)26-29-13-18-34-35(25-29)42-28-41-34/h7-9,11-18,25,33,39H,3-6,10,19-24,26-28H2,1-2H3. The summed E-state index contributed by atoms with van der Waals surface area (Å²) in [6.45, 7) is 11.1. The first-order chi connectivity index (χ1) is 20.6. The van der Waals surface area contributed by atoms with Gasteiger partial charge in [0.25, 0.3) is 0 Å². The molecular formula is C36H48N2O4. The van der Waals surface area contributed by atoms with Crippen molar-refractivity contribution in [3.8, 4) is 17.2 Å². The highest BCUT2D eigenvalue weighted by atomic mass is 16.7. The van der Waals surface area contributed by atoms with E-state index in [2.05, 4.69) is 78.2 Å². The molecule has 226 valence electrons. The molecule has 0 spiro atoms. The van der Waals surface area contributed by atoms with E-state index >= 15 is 0 Å². The van der Waals surface area contributed by atoms with Gasteiger partial charge in [-0.3, -0.25) is 4.90 Å². The molecule has 2 aliphatic rings. The molecule has 42 heavy (non-hydrogen) atoms. The van der Waals surface area contributed by atoms with Crippen LogP contribution in [-0.2, 0) is 12.1 Å². The summed E-state index contributed by atoms with van der Waals surface area (Å²) >= 11 is 0. The van der Waals surface area contributed by atoms with Crippen molar-refractivity contribution in [1.29, 1.82) is 0 Å². The van der Waals surface area contributed by atoms with Crippen molar-refractivity contribution in [2.24, 2.45) is 0 Å². The van der Waals surface area contributed by atoms with Gasteiger partial charge in [0.05, 0.1) is 12.2 Å². The van der Waals surface area contributed by atoms with Crippen LogP contribution in [0.4, 0.5) is 0 Å². The van der Waals surface area contributed by atoms with Crippen molar-refractivity contribution < 1.29 is 19.3 Å². The van der Waals surface area contributed by atoms with E-state index < -0.39 is 5.60 Å². The fourth-order valence-corrected chi connectivity index (χ4v) is 6.24. The Balaban J connectivity index is 1.30. The van der Waals surface area contributed by atoms with Gasteiger partial charge in [-0.25, -0.2) is 0 Å². The Morgan fingerprint density at radius 1 is 0.810 bits per heavy atom. The summed E-state index contributed by atoms with van der Waals surface area (Å²) in [6, 6.07) is 25.2. The average Bonchev–Trinajstić information content (AvgIpc) is 3.50. The van der Waals surface area contributed by atoms with Crippen LogP contribution in [0.5, 0.6) is 17.2 Å². The smallest absolute Gasteiger partial charge is 0.231 e. The van der Waals surface area contributed by atoms with Gasteiger partial charge in [0.15, 0.2) is 11.5 Å². The predicted molar refractivity (Wildman–Crippen MR) is 168 cm³/mol. The highest BCUT2D eigenvalue weighted by Crippen LogP contribution is 2.42. The molecule has 6 nitrogen and oxygen atoms in total. The van der Waals surface area contributed by atoms with Crippen molar-refractivity contribution in [2.45, 2.75) is 70.4 Å². The van der Waals surface area contributed by atoms with Crippen molar-refractivity contribution in [2.75, 3.05) is 46.1 Å². The minimum Gasteiger partial charge on any atom is -0.494 e. The molecule has 0 amide bonds. The van der Waals surface area contributed by atoms with Gasteiger partial charge < -0.3 is 24.2 Å². The third-order valence-corrected chi connectivity index (χ3v) is 8.81. The monoisotopic (exact) mass is 572 g/mol. The van der Waals surface area contributed by atoms with Crippen LogP contribution in [0.1, 0.15) is 75.0 Å². The Kier molecular flexibility index (Phi) is 10.8. The molecule has 1 N–H and O–H groups in total. The maximum Gasteiger partial charge on any atom is 0.231 e. The molecule has 5 rings (SSSR count). The van der Waals surface area contributed by atoms with Gasteiger partial charge in [-0.1, -0.05) is 88.1 Å². The molecule has 0 radical (unpaired) electrons. The van der Waals surface area contributed by atoms with E-state index in [-0.39, 0.29) is 5.92 Å². The number of fused-ring (bicyclic) bond motifs is 1. The number of aliphatic hydroxyl groups is 1. The summed E-state index contributed by atoms with van der Waals surface area (Å²) in [6.07, 6.45) is 6.13. The fourth-order valence-electron chi connectivity index (χ4n) is 6.24. The van der Waals surface area contributed by atoms with Crippen LogP contribution in [0.3, 0.4) is 0 Å². The molecule has 6 heteroatoms. The van der Waals surface area contributed by atoms with Gasteiger partial charge in [0.2, 0.25) is 6.79 Å². The summed E-state index contributed by atoms with van der Waals surface area (Å²) in [5, 5.41) is 12.7. The van der Waals surface area contributed by atoms with E-state index in [1.807, 2.05) is 18.2 Å². The fraction of sp³-hybridized carbons (Fsp3) is 0.500. The second-order valence-corrected chi connectivity index (χ2v) is 11.8. The maximum atomic E-state index is 12.7. The lowest BCUT2D eigenvalue weighted by molar-refractivity contribution is -0.0198. The third kappa shape index (κ3) is 7.66. The summed E-state index contributed by atoms with van der Waals surface area (Å²) in [7, 11) is 0. The minimum atomic E-state index is -0.970. The molecule has 0 aliphatic carbocycles. The largest absolute Gasteiger partial charge is 0.494 e. The predicted octanol–water partition coefficient (Wildman–Crippen LogP) is 6.96. The Morgan fingerprint density at radius 3 is 2.26 bits per heavy atom. The van der Waals surface area contributed by atoms with Gasteiger partial charge in [0, 0.05) is 45.2 Å². The van der Waals surface area contributed by atoms with Crippen LogP contribution >= 0.6 is 0 Å². The Hall–Kier alpha value is -3.06. The number of ether oxygens (including phenoxy) is 3. The Morgan fingerprint density at radius 2 is 1.52 bits per heavy atom. The number of rotatable bonds is 15. The van der Waals surface area contributed by atoms with Gasteiger partial charge in [-0.05, 0) is 53.8 Å². The third-order valence-electron chi connectivity index (χ3n) is 8.81. The van der Waals surface area contributed by atoms with Gasteiger partial charge in [-0.2, -0.15) is 0 Å². The van der Waals surface area contributed by atoms with E-state index in [4.69, 9.17) is 14.2 Å². The van der Waals surface area contributed by atoms with Crippen molar-refractivity contribution in [1.82, 2.24) is 9.80 Å². The average molecular weight is 573 g/mol. The highest BCUT2D eigenvalue weighted by Gasteiger charge is 2.40. The second kappa shape index (κ2) is 14.9. The van der Waals surface area contributed by atoms with Crippen LogP contribution in [0.2, 0.25) is 0 Å². The van der Waals surface area contributed by atoms with Crippen molar-refractivity contribution in [3.05, 3.63) is 89.5 Å².